The summed E-state index contributed by atoms with van der Waals surface area (Å²) in [6.45, 7) is 4.81. The van der Waals surface area contributed by atoms with Gasteiger partial charge < -0.3 is 5.32 Å². The molecular weight excluding hydrogens is 285 g/mol. The number of halogens is 2. The van der Waals surface area contributed by atoms with Gasteiger partial charge in [-0.15, -0.1) is 0 Å². The van der Waals surface area contributed by atoms with Gasteiger partial charge in [-0.25, -0.2) is 4.39 Å². The van der Waals surface area contributed by atoms with Gasteiger partial charge in [0.1, 0.15) is 5.82 Å². The minimum absolute atomic E-state index is 0.227. The van der Waals surface area contributed by atoms with Crippen LogP contribution in [0.1, 0.15) is 29.5 Å². The zero-order chi connectivity index (χ0) is 15.0. The Hall–Kier alpha value is -1.38. The fraction of sp³-hybridized carbons (Fsp3) is 0.333. The van der Waals surface area contributed by atoms with Gasteiger partial charge in [0.2, 0.25) is 0 Å². The highest BCUT2D eigenvalue weighted by Crippen LogP contribution is 2.33. The predicted molar refractivity (Wildman–Crippen MR) is 86.2 cm³/mol. The van der Waals surface area contributed by atoms with Crippen LogP contribution < -0.4 is 5.32 Å². The lowest BCUT2D eigenvalue weighted by atomic mass is 9.98. The van der Waals surface area contributed by atoms with Crippen molar-refractivity contribution in [2.24, 2.45) is 0 Å². The fourth-order valence-corrected chi connectivity index (χ4v) is 2.75. The molecule has 0 aromatic heterocycles. The Kier molecular flexibility index (Phi) is 4.01. The number of nitrogens with one attached hydrogen (secondary N) is 1. The van der Waals surface area contributed by atoms with Crippen molar-refractivity contribution in [3.8, 4) is 11.1 Å². The molecular formula is C18H19ClFN. The van der Waals surface area contributed by atoms with Crippen LogP contribution in [0.4, 0.5) is 4.39 Å². The number of aryl methyl sites for hydroxylation is 2. The van der Waals surface area contributed by atoms with Crippen molar-refractivity contribution in [3.05, 3.63) is 57.9 Å². The molecule has 1 nitrogen and oxygen atoms in total. The van der Waals surface area contributed by atoms with E-state index in [2.05, 4.69) is 5.32 Å². The lowest BCUT2D eigenvalue weighted by Gasteiger charge is -2.12. The second-order valence-electron chi connectivity index (χ2n) is 5.89. The summed E-state index contributed by atoms with van der Waals surface area (Å²) in [5.41, 5.74) is 4.68. The third-order valence-corrected chi connectivity index (χ3v) is 4.39. The molecule has 1 aliphatic rings. The standard InChI is InChI=1S/C18H19ClFN/c1-11-7-15(17(19)8-12(11)2)16-9-13(3-6-18(16)20)10-21-14-4-5-14/h3,6-9,14,21H,4-5,10H2,1-2H3. The number of hydrogen-bond acceptors (Lipinski definition) is 1. The van der Waals surface area contributed by atoms with Crippen molar-refractivity contribution < 1.29 is 4.39 Å². The van der Waals surface area contributed by atoms with E-state index in [9.17, 15) is 4.39 Å². The van der Waals surface area contributed by atoms with Crippen LogP contribution in [0.5, 0.6) is 0 Å². The van der Waals surface area contributed by atoms with Crippen LogP contribution in [0.15, 0.2) is 30.3 Å². The first-order valence-corrected chi connectivity index (χ1v) is 7.71. The fourth-order valence-electron chi connectivity index (χ4n) is 2.43. The van der Waals surface area contributed by atoms with Crippen LogP contribution in [-0.4, -0.2) is 6.04 Å². The van der Waals surface area contributed by atoms with Crippen LogP contribution in [0.3, 0.4) is 0 Å². The van der Waals surface area contributed by atoms with Crippen LogP contribution in [0.25, 0.3) is 11.1 Å². The lowest BCUT2D eigenvalue weighted by molar-refractivity contribution is 0.628. The van der Waals surface area contributed by atoms with Crippen molar-refractivity contribution in [2.75, 3.05) is 0 Å². The highest BCUT2D eigenvalue weighted by molar-refractivity contribution is 6.33. The summed E-state index contributed by atoms with van der Waals surface area (Å²) in [5, 5.41) is 4.05. The number of benzene rings is 2. The molecule has 0 aliphatic heterocycles. The van der Waals surface area contributed by atoms with Crippen molar-refractivity contribution >= 4 is 11.6 Å². The summed E-state index contributed by atoms with van der Waals surface area (Å²) >= 11 is 6.32. The van der Waals surface area contributed by atoms with Gasteiger partial charge in [-0.2, -0.15) is 0 Å². The molecule has 0 heterocycles. The number of hydrogen-bond donors (Lipinski definition) is 1. The van der Waals surface area contributed by atoms with Crippen LogP contribution >= 0.6 is 11.6 Å². The van der Waals surface area contributed by atoms with Gasteiger partial charge in [-0.3, -0.25) is 0 Å². The third-order valence-electron chi connectivity index (χ3n) is 4.08. The summed E-state index contributed by atoms with van der Waals surface area (Å²) in [6, 6.07) is 9.78. The van der Waals surface area contributed by atoms with Gasteiger partial charge in [0.15, 0.2) is 0 Å². The average molecular weight is 304 g/mol. The normalized spacial score (nSPS) is 14.5. The van der Waals surface area contributed by atoms with E-state index in [1.54, 1.807) is 0 Å². The van der Waals surface area contributed by atoms with E-state index in [0.29, 0.717) is 16.6 Å². The molecule has 21 heavy (non-hydrogen) atoms. The van der Waals surface area contributed by atoms with Crippen molar-refractivity contribution in [1.29, 1.82) is 0 Å². The molecule has 1 fully saturated rings. The van der Waals surface area contributed by atoms with E-state index >= 15 is 0 Å². The molecule has 0 radical (unpaired) electrons. The van der Waals surface area contributed by atoms with Crippen LogP contribution in [0, 0.1) is 19.7 Å². The molecule has 0 atom stereocenters. The van der Waals surface area contributed by atoms with E-state index in [-0.39, 0.29) is 5.82 Å². The smallest absolute Gasteiger partial charge is 0.131 e. The SMILES string of the molecule is Cc1cc(Cl)c(-c2cc(CNC3CC3)ccc2F)cc1C. The van der Waals surface area contributed by atoms with Crippen molar-refractivity contribution in [1.82, 2.24) is 5.32 Å². The van der Waals surface area contributed by atoms with Crippen molar-refractivity contribution in [2.45, 2.75) is 39.3 Å². The van der Waals surface area contributed by atoms with Gasteiger partial charge in [0, 0.05) is 28.7 Å². The highest BCUT2D eigenvalue weighted by atomic mass is 35.5. The molecule has 110 valence electrons. The summed E-state index contributed by atoms with van der Waals surface area (Å²) in [6.07, 6.45) is 2.49. The van der Waals surface area contributed by atoms with Gasteiger partial charge in [-0.1, -0.05) is 17.7 Å². The number of rotatable bonds is 4. The van der Waals surface area contributed by atoms with Gasteiger partial charge in [0.25, 0.3) is 0 Å². The zero-order valence-corrected chi connectivity index (χ0v) is 13.1. The molecule has 2 aromatic carbocycles. The van der Waals surface area contributed by atoms with E-state index in [0.717, 1.165) is 28.8 Å². The second kappa shape index (κ2) is 5.78. The molecule has 0 spiro atoms. The molecule has 0 unspecified atom stereocenters. The maximum atomic E-state index is 14.2. The van der Waals surface area contributed by atoms with E-state index in [1.165, 1.54) is 18.9 Å². The monoisotopic (exact) mass is 303 g/mol. The Balaban J connectivity index is 1.96. The Morgan fingerprint density at radius 2 is 1.81 bits per heavy atom. The topological polar surface area (TPSA) is 12.0 Å². The summed E-state index contributed by atoms with van der Waals surface area (Å²) in [7, 11) is 0. The largest absolute Gasteiger partial charge is 0.310 e. The average Bonchev–Trinajstić information content (AvgIpc) is 3.26. The Morgan fingerprint density at radius 1 is 1.10 bits per heavy atom. The Labute approximate surface area is 130 Å². The molecule has 1 saturated carbocycles. The zero-order valence-electron chi connectivity index (χ0n) is 12.3. The molecule has 1 N–H and O–H groups in total. The maximum absolute atomic E-state index is 14.2. The molecule has 3 heteroatoms. The van der Waals surface area contributed by atoms with E-state index in [1.807, 2.05) is 38.1 Å². The first-order chi connectivity index (χ1) is 10.0. The third kappa shape index (κ3) is 3.28. The molecule has 2 aromatic rings. The first-order valence-electron chi connectivity index (χ1n) is 7.33. The second-order valence-corrected chi connectivity index (χ2v) is 6.29. The maximum Gasteiger partial charge on any atom is 0.131 e. The summed E-state index contributed by atoms with van der Waals surface area (Å²) < 4.78 is 14.2. The van der Waals surface area contributed by atoms with Gasteiger partial charge in [-0.05, 0) is 67.6 Å². The van der Waals surface area contributed by atoms with Gasteiger partial charge in [0.05, 0.1) is 0 Å². The van der Waals surface area contributed by atoms with E-state index in [4.69, 9.17) is 11.6 Å². The first kappa shape index (κ1) is 14.6. The molecule has 3 rings (SSSR count). The summed E-state index contributed by atoms with van der Waals surface area (Å²) in [4.78, 5) is 0. The molecule has 1 aliphatic carbocycles. The van der Waals surface area contributed by atoms with Gasteiger partial charge >= 0.3 is 0 Å². The van der Waals surface area contributed by atoms with Crippen LogP contribution in [0.2, 0.25) is 5.02 Å². The van der Waals surface area contributed by atoms with Crippen LogP contribution in [-0.2, 0) is 6.54 Å². The minimum atomic E-state index is -0.227. The Bertz CT molecular complexity index is 677. The van der Waals surface area contributed by atoms with E-state index < -0.39 is 0 Å². The highest BCUT2D eigenvalue weighted by Gasteiger charge is 2.20. The molecule has 0 bridgehead atoms. The minimum Gasteiger partial charge on any atom is -0.310 e. The summed E-state index contributed by atoms with van der Waals surface area (Å²) in [5.74, 6) is -0.227. The lowest BCUT2D eigenvalue weighted by Crippen LogP contribution is -2.15. The van der Waals surface area contributed by atoms with Crippen molar-refractivity contribution in [3.63, 3.8) is 0 Å². The Morgan fingerprint density at radius 3 is 2.52 bits per heavy atom. The quantitative estimate of drug-likeness (QED) is 0.836. The molecule has 0 saturated heterocycles. The predicted octanol–water partition coefficient (Wildman–Crippen LogP) is 5.01. The molecule has 0 amide bonds.